The normalized spacial score (nSPS) is 9.58. The molecule has 0 saturated carbocycles. The molecule has 2 aromatic rings. The Balaban J connectivity index is 2.27. The molecule has 3 nitrogen and oxygen atoms in total. The number of rotatable bonds is 2. The molecule has 4 heteroatoms. The third-order valence-corrected chi connectivity index (χ3v) is 3.34. The summed E-state index contributed by atoms with van der Waals surface area (Å²) in [5.41, 5.74) is 2.42. The van der Waals surface area contributed by atoms with Crippen molar-refractivity contribution in [2.45, 2.75) is 6.92 Å². The third kappa shape index (κ3) is 3.44. The summed E-state index contributed by atoms with van der Waals surface area (Å²) >= 11 is 1.39. The number of hydrogen-bond acceptors (Lipinski definition) is 3. The zero-order chi connectivity index (χ0) is 13.7. The van der Waals surface area contributed by atoms with Crippen molar-refractivity contribution in [1.29, 1.82) is 0 Å². The van der Waals surface area contributed by atoms with E-state index < -0.39 is 0 Å². The van der Waals surface area contributed by atoms with Crippen molar-refractivity contribution in [3.8, 4) is 11.8 Å². The second-order valence-corrected chi connectivity index (χ2v) is 4.89. The van der Waals surface area contributed by atoms with E-state index in [2.05, 4.69) is 17.2 Å². The van der Waals surface area contributed by atoms with E-state index in [1.54, 1.807) is 6.07 Å². The molecule has 0 bridgehead atoms. The van der Waals surface area contributed by atoms with Crippen molar-refractivity contribution in [1.82, 2.24) is 0 Å². The Morgan fingerprint density at radius 1 is 1.42 bits per heavy atom. The summed E-state index contributed by atoms with van der Waals surface area (Å²) in [4.78, 5) is 12.6. The molecule has 0 aliphatic rings. The molecule has 0 fully saturated rings. The van der Waals surface area contributed by atoms with Crippen LogP contribution in [0.4, 0.5) is 5.69 Å². The highest BCUT2D eigenvalue weighted by molar-refractivity contribution is 7.12. The SMILES string of the molecule is Cc1ccc(NC(=O)c2cccs2)c(C#CCO)c1. The number of aliphatic hydroxyl groups excluding tert-OH is 1. The molecular formula is C15H13NO2S. The fourth-order valence-corrected chi connectivity index (χ4v) is 2.22. The number of aliphatic hydroxyl groups is 1. The van der Waals surface area contributed by atoms with E-state index in [4.69, 9.17) is 5.11 Å². The number of amides is 1. The fourth-order valence-electron chi connectivity index (χ4n) is 1.60. The number of nitrogens with one attached hydrogen (secondary N) is 1. The van der Waals surface area contributed by atoms with Gasteiger partial charge in [-0.15, -0.1) is 11.3 Å². The maximum absolute atomic E-state index is 12.0. The van der Waals surface area contributed by atoms with Gasteiger partial charge in [0, 0.05) is 5.56 Å². The molecule has 0 radical (unpaired) electrons. The molecule has 1 heterocycles. The summed E-state index contributed by atoms with van der Waals surface area (Å²) in [6.07, 6.45) is 0. The average Bonchev–Trinajstić information content (AvgIpc) is 2.93. The van der Waals surface area contributed by atoms with Gasteiger partial charge in [0.05, 0.1) is 10.6 Å². The van der Waals surface area contributed by atoms with Gasteiger partial charge < -0.3 is 10.4 Å². The van der Waals surface area contributed by atoms with E-state index in [9.17, 15) is 4.79 Å². The van der Waals surface area contributed by atoms with Gasteiger partial charge in [-0.3, -0.25) is 4.79 Å². The van der Waals surface area contributed by atoms with Crippen molar-refractivity contribution >= 4 is 22.9 Å². The van der Waals surface area contributed by atoms with E-state index in [-0.39, 0.29) is 12.5 Å². The molecular weight excluding hydrogens is 258 g/mol. The molecule has 0 aliphatic carbocycles. The molecule has 1 aromatic heterocycles. The molecule has 0 atom stereocenters. The van der Waals surface area contributed by atoms with Gasteiger partial charge in [0.25, 0.3) is 5.91 Å². The largest absolute Gasteiger partial charge is 0.384 e. The number of benzene rings is 1. The Kier molecular flexibility index (Phi) is 4.35. The zero-order valence-electron chi connectivity index (χ0n) is 10.4. The molecule has 2 rings (SSSR count). The lowest BCUT2D eigenvalue weighted by Gasteiger charge is -2.07. The average molecular weight is 271 g/mol. The van der Waals surface area contributed by atoms with E-state index in [1.807, 2.05) is 36.6 Å². The van der Waals surface area contributed by atoms with Crippen molar-refractivity contribution in [2.24, 2.45) is 0 Å². The Morgan fingerprint density at radius 3 is 2.95 bits per heavy atom. The minimum atomic E-state index is -0.202. The molecule has 0 unspecified atom stereocenters. The molecule has 1 amide bonds. The Bertz CT molecular complexity index is 636. The lowest BCUT2D eigenvalue weighted by Crippen LogP contribution is -2.11. The first-order chi connectivity index (χ1) is 9.20. The highest BCUT2D eigenvalue weighted by atomic mass is 32.1. The Labute approximate surface area is 115 Å². The summed E-state index contributed by atoms with van der Waals surface area (Å²) in [7, 11) is 0. The van der Waals surface area contributed by atoms with Crippen LogP contribution in [0.3, 0.4) is 0 Å². The predicted molar refractivity (Wildman–Crippen MR) is 77.4 cm³/mol. The minimum Gasteiger partial charge on any atom is -0.384 e. The van der Waals surface area contributed by atoms with Crippen LogP contribution in [-0.2, 0) is 0 Å². The molecule has 2 N–H and O–H groups in total. The van der Waals surface area contributed by atoms with E-state index in [0.29, 0.717) is 16.1 Å². The van der Waals surface area contributed by atoms with Gasteiger partial charge in [0.2, 0.25) is 0 Å². The van der Waals surface area contributed by atoms with Crippen LogP contribution in [0.1, 0.15) is 20.8 Å². The smallest absolute Gasteiger partial charge is 0.265 e. The molecule has 1 aromatic carbocycles. The van der Waals surface area contributed by atoms with Gasteiger partial charge in [0.1, 0.15) is 6.61 Å². The number of carbonyl (C=O) groups is 1. The first kappa shape index (κ1) is 13.3. The first-order valence-corrected chi connectivity index (χ1v) is 6.64. The fraction of sp³-hybridized carbons (Fsp3) is 0.133. The topological polar surface area (TPSA) is 49.3 Å². The minimum absolute atomic E-state index is 0.147. The van der Waals surface area contributed by atoms with E-state index >= 15 is 0 Å². The van der Waals surface area contributed by atoms with Crippen LogP contribution < -0.4 is 5.32 Å². The van der Waals surface area contributed by atoms with Crippen LogP contribution in [0.25, 0.3) is 0 Å². The summed E-state index contributed by atoms with van der Waals surface area (Å²) in [6.45, 7) is 1.75. The summed E-state index contributed by atoms with van der Waals surface area (Å²) in [5, 5.41) is 13.5. The summed E-state index contributed by atoms with van der Waals surface area (Å²) < 4.78 is 0. The van der Waals surface area contributed by atoms with Crippen molar-refractivity contribution in [2.75, 3.05) is 11.9 Å². The second-order valence-electron chi connectivity index (χ2n) is 3.94. The predicted octanol–water partition coefficient (Wildman–Crippen LogP) is 2.65. The van der Waals surface area contributed by atoms with Crippen LogP contribution in [0.5, 0.6) is 0 Å². The number of thiophene rings is 1. The standard InChI is InChI=1S/C15H13NO2S/c1-11-6-7-13(12(10-11)4-2-8-17)16-15(18)14-5-3-9-19-14/h3,5-7,9-10,17H,8H2,1H3,(H,16,18). The lowest BCUT2D eigenvalue weighted by molar-refractivity contribution is 0.103. The van der Waals surface area contributed by atoms with Gasteiger partial charge in [-0.2, -0.15) is 0 Å². The summed E-state index contributed by atoms with van der Waals surface area (Å²) in [5.74, 6) is 5.29. The summed E-state index contributed by atoms with van der Waals surface area (Å²) in [6, 6.07) is 9.22. The van der Waals surface area contributed by atoms with Gasteiger partial charge in [-0.05, 0) is 36.1 Å². The molecule has 0 saturated heterocycles. The van der Waals surface area contributed by atoms with E-state index in [0.717, 1.165) is 5.56 Å². The van der Waals surface area contributed by atoms with Crippen molar-refractivity contribution in [3.05, 3.63) is 51.7 Å². The van der Waals surface area contributed by atoms with Gasteiger partial charge in [-0.1, -0.05) is 24.0 Å². The third-order valence-electron chi connectivity index (χ3n) is 2.47. The quantitative estimate of drug-likeness (QED) is 0.825. The maximum atomic E-state index is 12.0. The van der Waals surface area contributed by atoms with Crippen LogP contribution in [0.2, 0.25) is 0 Å². The molecule has 0 spiro atoms. The molecule has 96 valence electrons. The second kappa shape index (κ2) is 6.19. The maximum Gasteiger partial charge on any atom is 0.265 e. The number of carbonyl (C=O) groups excluding carboxylic acids is 1. The van der Waals surface area contributed by atoms with Crippen LogP contribution in [-0.4, -0.2) is 17.6 Å². The van der Waals surface area contributed by atoms with E-state index in [1.165, 1.54) is 11.3 Å². The lowest BCUT2D eigenvalue weighted by atomic mass is 10.1. The van der Waals surface area contributed by atoms with Gasteiger partial charge in [-0.25, -0.2) is 0 Å². The van der Waals surface area contributed by atoms with Crippen LogP contribution in [0.15, 0.2) is 35.7 Å². The van der Waals surface area contributed by atoms with Crippen LogP contribution >= 0.6 is 11.3 Å². The van der Waals surface area contributed by atoms with Crippen LogP contribution in [0, 0.1) is 18.8 Å². The number of anilines is 1. The Morgan fingerprint density at radius 2 is 2.26 bits per heavy atom. The Hall–Kier alpha value is -2.09. The van der Waals surface area contributed by atoms with Crippen molar-refractivity contribution < 1.29 is 9.90 Å². The number of aryl methyl sites for hydroxylation is 1. The zero-order valence-corrected chi connectivity index (χ0v) is 11.3. The monoisotopic (exact) mass is 271 g/mol. The molecule has 19 heavy (non-hydrogen) atoms. The first-order valence-electron chi connectivity index (χ1n) is 5.76. The number of hydrogen-bond donors (Lipinski definition) is 2. The van der Waals surface area contributed by atoms with Crippen molar-refractivity contribution in [3.63, 3.8) is 0 Å². The highest BCUT2D eigenvalue weighted by Crippen LogP contribution is 2.18. The molecule has 0 aliphatic heterocycles. The van der Waals surface area contributed by atoms with Gasteiger partial charge in [0.15, 0.2) is 0 Å². The van der Waals surface area contributed by atoms with Gasteiger partial charge >= 0.3 is 0 Å². The highest BCUT2D eigenvalue weighted by Gasteiger charge is 2.09.